The zero-order chi connectivity index (χ0) is 5.40. The predicted octanol–water partition coefficient (Wildman–Crippen LogP) is 0.629. The van der Waals surface area contributed by atoms with Crippen LogP contribution in [0.1, 0.15) is 12.1 Å². The van der Waals surface area contributed by atoms with Gasteiger partial charge in [-0.3, -0.25) is 4.68 Å². The van der Waals surface area contributed by atoms with Crippen LogP contribution in [0.15, 0.2) is 6.07 Å². The fourth-order valence-corrected chi connectivity index (χ4v) is 1.12. The van der Waals surface area contributed by atoms with Crippen molar-refractivity contribution in [3.8, 4) is 0 Å². The van der Waals surface area contributed by atoms with Gasteiger partial charge in [0.1, 0.15) is 6.20 Å². The zero-order valence-corrected chi connectivity index (χ0v) is 4.59. The van der Waals surface area contributed by atoms with Crippen LogP contribution in [0.3, 0.4) is 0 Å². The van der Waals surface area contributed by atoms with Crippen LogP contribution in [0.2, 0.25) is 0 Å². The van der Waals surface area contributed by atoms with E-state index in [9.17, 15) is 0 Å². The van der Waals surface area contributed by atoms with Crippen LogP contribution in [0, 0.1) is 6.20 Å². The van der Waals surface area contributed by atoms with E-state index in [0.29, 0.717) is 0 Å². The molecule has 0 atom stereocenters. The van der Waals surface area contributed by atoms with E-state index < -0.39 is 0 Å². The van der Waals surface area contributed by atoms with Crippen LogP contribution < -0.4 is 0 Å². The Balaban J connectivity index is 2.54. The highest BCUT2D eigenvalue weighted by molar-refractivity contribution is 5.02. The lowest BCUT2D eigenvalue weighted by atomic mass is 10.3. The summed E-state index contributed by atoms with van der Waals surface area (Å²) in [5.74, 6) is 0. The zero-order valence-electron chi connectivity index (χ0n) is 4.59. The van der Waals surface area contributed by atoms with Gasteiger partial charge in [-0.25, -0.2) is 0 Å². The van der Waals surface area contributed by atoms with Crippen LogP contribution in [-0.2, 0) is 13.0 Å². The Morgan fingerprint density at radius 1 is 1.75 bits per heavy atom. The standard InChI is InChI=1S/C6H7N2/c1-2-6-3-4-7-8(6)5-1/h3H,1-2,5H2. The first-order chi connectivity index (χ1) is 3.97. The van der Waals surface area contributed by atoms with E-state index in [0.717, 1.165) is 6.54 Å². The number of fused-ring (bicyclic) bond motifs is 1. The monoisotopic (exact) mass is 107 g/mol. The molecule has 1 aliphatic rings. The number of hydrogen-bond donors (Lipinski definition) is 0. The second-order valence-electron chi connectivity index (χ2n) is 2.09. The summed E-state index contributed by atoms with van der Waals surface area (Å²) in [5, 5.41) is 3.99. The Morgan fingerprint density at radius 2 is 2.75 bits per heavy atom. The molecule has 0 saturated heterocycles. The number of rotatable bonds is 0. The Morgan fingerprint density at radius 3 is 3.62 bits per heavy atom. The topological polar surface area (TPSA) is 17.8 Å². The molecule has 0 bridgehead atoms. The minimum absolute atomic E-state index is 1.10. The van der Waals surface area contributed by atoms with Crippen molar-refractivity contribution in [3.63, 3.8) is 0 Å². The van der Waals surface area contributed by atoms with E-state index in [1.54, 1.807) is 0 Å². The maximum atomic E-state index is 3.99. The number of aryl methyl sites for hydroxylation is 2. The van der Waals surface area contributed by atoms with Crippen molar-refractivity contribution in [1.82, 2.24) is 9.78 Å². The van der Waals surface area contributed by atoms with E-state index in [1.807, 2.05) is 10.7 Å². The molecular formula is C6H7N2. The van der Waals surface area contributed by atoms with Gasteiger partial charge in [0.25, 0.3) is 0 Å². The van der Waals surface area contributed by atoms with Gasteiger partial charge in [0.15, 0.2) is 0 Å². The first-order valence-electron chi connectivity index (χ1n) is 2.89. The lowest BCUT2D eigenvalue weighted by Crippen LogP contribution is -1.92. The van der Waals surface area contributed by atoms with Gasteiger partial charge in [-0.05, 0) is 18.9 Å². The second-order valence-corrected chi connectivity index (χ2v) is 2.09. The second kappa shape index (κ2) is 1.34. The molecule has 1 radical (unpaired) electrons. The average molecular weight is 107 g/mol. The molecule has 1 aromatic rings. The molecule has 41 valence electrons. The smallest absolute Gasteiger partial charge is 0.113 e. The van der Waals surface area contributed by atoms with E-state index in [-0.39, 0.29) is 0 Å². The summed E-state index contributed by atoms with van der Waals surface area (Å²) in [4.78, 5) is 0. The summed E-state index contributed by atoms with van der Waals surface area (Å²) < 4.78 is 2.01. The van der Waals surface area contributed by atoms with Gasteiger partial charge in [-0.1, -0.05) is 0 Å². The van der Waals surface area contributed by atoms with Crippen molar-refractivity contribution in [1.29, 1.82) is 0 Å². The van der Waals surface area contributed by atoms with Crippen molar-refractivity contribution in [2.45, 2.75) is 19.4 Å². The van der Waals surface area contributed by atoms with Gasteiger partial charge in [0.05, 0.1) is 0 Å². The van der Waals surface area contributed by atoms with E-state index in [4.69, 9.17) is 0 Å². The third-order valence-corrected chi connectivity index (χ3v) is 1.54. The first kappa shape index (κ1) is 4.13. The molecule has 8 heavy (non-hydrogen) atoms. The molecule has 0 spiro atoms. The van der Waals surface area contributed by atoms with Crippen LogP contribution in [0.25, 0.3) is 0 Å². The summed E-state index contributed by atoms with van der Waals surface area (Å²) in [6, 6.07) is 1.97. The van der Waals surface area contributed by atoms with Crippen molar-refractivity contribution in [2.75, 3.05) is 0 Å². The fourth-order valence-electron chi connectivity index (χ4n) is 1.12. The maximum Gasteiger partial charge on any atom is 0.113 e. The molecule has 2 heteroatoms. The predicted molar refractivity (Wildman–Crippen MR) is 29.4 cm³/mol. The van der Waals surface area contributed by atoms with Gasteiger partial charge >= 0.3 is 0 Å². The van der Waals surface area contributed by atoms with E-state index in [2.05, 4.69) is 11.3 Å². The van der Waals surface area contributed by atoms with Gasteiger partial charge in [-0.15, -0.1) is 0 Å². The molecule has 0 aromatic carbocycles. The highest BCUT2D eigenvalue weighted by Crippen LogP contribution is 2.10. The summed E-state index contributed by atoms with van der Waals surface area (Å²) in [5.41, 5.74) is 1.34. The van der Waals surface area contributed by atoms with Crippen molar-refractivity contribution < 1.29 is 0 Å². The first-order valence-corrected chi connectivity index (χ1v) is 2.89. The van der Waals surface area contributed by atoms with Crippen LogP contribution in [0.4, 0.5) is 0 Å². The Hall–Kier alpha value is -0.790. The van der Waals surface area contributed by atoms with Crippen LogP contribution >= 0.6 is 0 Å². The molecule has 0 aliphatic carbocycles. The quantitative estimate of drug-likeness (QED) is 0.475. The Bertz CT molecular complexity index is 172. The van der Waals surface area contributed by atoms with Crippen molar-refractivity contribution >= 4 is 0 Å². The summed E-state index contributed by atoms with van der Waals surface area (Å²) in [6.45, 7) is 1.10. The molecule has 2 heterocycles. The van der Waals surface area contributed by atoms with Crippen molar-refractivity contribution in [3.05, 3.63) is 18.0 Å². The number of nitrogens with zero attached hydrogens (tertiary/aromatic N) is 2. The molecule has 0 saturated carbocycles. The Kier molecular flexibility index (Phi) is 0.692. The average Bonchev–Trinajstić information content (AvgIpc) is 2.15. The Labute approximate surface area is 48.1 Å². The molecule has 0 fully saturated rings. The summed E-state index contributed by atoms with van der Waals surface area (Å²) in [7, 11) is 0. The lowest BCUT2D eigenvalue weighted by Gasteiger charge is -1.87. The van der Waals surface area contributed by atoms with Gasteiger partial charge < -0.3 is 0 Å². The molecule has 0 amide bonds. The molecule has 1 aromatic heterocycles. The van der Waals surface area contributed by atoms with Gasteiger partial charge in [-0.2, -0.15) is 5.10 Å². The summed E-state index contributed by atoms with van der Waals surface area (Å²) >= 11 is 0. The van der Waals surface area contributed by atoms with Crippen molar-refractivity contribution in [2.24, 2.45) is 0 Å². The third-order valence-electron chi connectivity index (χ3n) is 1.54. The molecule has 2 rings (SSSR count). The minimum atomic E-state index is 1.10. The summed E-state index contributed by atoms with van der Waals surface area (Å²) in [6.07, 6.45) is 5.27. The highest BCUT2D eigenvalue weighted by Gasteiger charge is 2.08. The number of aromatic nitrogens is 2. The largest absolute Gasteiger partial charge is 0.269 e. The van der Waals surface area contributed by atoms with Crippen LogP contribution in [-0.4, -0.2) is 9.78 Å². The normalized spacial score (nSPS) is 16.5. The van der Waals surface area contributed by atoms with Gasteiger partial charge in [0, 0.05) is 12.2 Å². The SMILES string of the molecule is [c]1cc2n(n1)CCC2. The van der Waals surface area contributed by atoms with Gasteiger partial charge in [0.2, 0.25) is 0 Å². The minimum Gasteiger partial charge on any atom is -0.269 e. The molecular weight excluding hydrogens is 100 g/mol. The van der Waals surface area contributed by atoms with Crippen LogP contribution in [0.5, 0.6) is 0 Å². The third kappa shape index (κ3) is 0.399. The molecule has 0 unspecified atom stereocenters. The number of hydrogen-bond acceptors (Lipinski definition) is 1. The molecule has 1 aliphatic heterocycles. The van der Waals surface area contributed by atoms with E-state index >= 15 is 0 Å². The molecule has 0 N–H and O–H groups in total. The van der Waals surface area contributed by atoms with E-state index in [1.165, 1.54) is 18.5 Å². The fraction of sp³-hybridized carbons (Fsp3) is 0.500. The lowest BCUT2D eigenvalue weighted by molar-refractivity contribution is 0.655. The molecule has 2 nitrogen and oxygen atoms in total. The maximum absolute atomic E-state index is 3.99. The highest BCUT2D eigenvalue weighted by atomic mass is 15.3.